The number of aromatic hydroxyl groups is 2. The third kappa shape index (κ3) is 21.1. The van der Waals surface area contributed by atoms with Gasteiger partial charge < -0.3 is 66.6 Å². The maximum absolute atomic E-state index is 12.1. The molecular weight excluding hydrogens is 1220 g/mol. The lowest BCUT2D eigenvalue weighted by molar-refractivity contribution is -0.171. The molecule has 2 aliphatic heterocycles. The summed E-state index contributed by atoms with van der Waals surface area (Å²) in [7, 11) is 6.44. The summed E-state index contributed by atoms with van der Waals surface area (Å²) < 4.78 is 4.93. The van der Waals surface area contributed by atoms with Gasteiger partial charge in [0.15, 0.2) is 0 Å². The van der Waals surface area contributed by atoms with E-state index < -0.39 is 77.3 Å². The molecule has 6 aromatic carbocycles. The van der Waals surface area contributed by atoms with Crippen molar-refractivity contribution in [3.05, 3.63) is 161 Å². The number of hydrogen-bond donors (Lipinski definition) is 10. The molecule has 11 N–H and O–H groups in total. The van der Waals surface area contributed by atoms with Gasteiger partial charge in [0.25, 0.3) is 23.6 Å². The van der Waals surface area contributed by atoms with Crippen LogP contribution in [-0.4, -0.2) is 136 Å². The molecule has 0 aliphatic carbocycles. The number of aromatic carboxylic acids is 3. The van der Waals surface area contributed by atoms with Crippen molar-refractivity contribution in [3.63, 3.8) is 0 Å². The number of primary amides is 1. The number of azo groups is 3. The van der Waals surface area contributed by atoms with Crippen LogP contribution < -0.4 is 31.4 Å². The number of imide groups is 2. The van der Waals surface area contributed by atoms with E-state index >= 15 is 0 Å². The van der Waals surface area contributed by atoms with Crippen molar-refractivity contribution in [1.82, 2.24) is 31.0 Å². The Morgan fingerprint density at radius 3 is 1.28 bits per heavy atom. The molecule has 0 spiro atoms. The zero-order valence-corrected chi connectivity index (χ0v) is 47.7. The number of carboxylic acid groups (broad SMARTS) is 3. The molecule has 2 fully saturated rings. The van der Waals surface area contributed by atoms with Gasteiger partial charge in [-0.3, -0.25) is 38.4 Å². The highest BCUT2D eigenvalue weighted by Crippen LogP contribution is 2.31. The zero-order chi connectivity index (χ0) is 67.7. The van der Waals surface area contributed by atoms with Crippen LogP contribution in [0.3, 0.4) is 0 Å². The maximum atomic E-state index is 12.1. The monoisotopic (exact) mass is 1270 g/mol. The smallest absolute Gasteiger partial charge is 0.421 e. The lowest BCUT2D eigenvalue weighted by Gasteiger charge is -2.13. The van der Waals surface area contributed by atoms with Gasteiger partial charge >= 0.3 is 50.9 Å². The first kappa shape index (κ1) is 69.1. The standard InChI is InChI=1S/C20H17BN5O8.C20H16BN4O8.C16H13BN4O5/c27-15-6-5-12(24-25-14-4-2-1-3-13(14)19(31)32)9-11(15)10-16(28)22-21-23-20(33)34-26-17(29)7-8-18(26)30;26-15-6-5-12(23-24-14-4-2-1-3-13(14)19(30)31)9-11(15)10-16(27)22-21-20(32)33-25-17(28)7-8-18(25)29;17-19-16(25)26-13-6-5-10(7-9(13)8-14(18)22)20-21-12-4-2-1-3-11(12)15(23)24/h1-6,9,27H,7-8,10H2,(H,22,28)(H,23,33)(H,31,32);1-6,9,26H,7-8,10H2,(H,22,27)(H,30,31);1-7H,8H2,(H2,18,22)(H,19,25)(H,23,24). The molecule has 9 amide bonds. The second-order valence-electron chi connectivity index (χ2n) is 18.5. The van der Waals surface area contributed by atoms with Gasteiger partial charge in [0.05, 0.1) is 53.0 Å². The van der Waals surface area contributed by atoms with Crippen LogP contribution in [0, 0.1) is 0 Å². The molecule has 8 rings (SSSR count). The molecular formula is C56H46B3N13O21. The summed E-state index contributed by atoms with van der Waals surface area (Å²) in [6.07, 6.45) is -3.18. The number of carbonyl (C=O) groups is 13. The lowest BCUT2D eigenvalue weighted by atomic mass is 9.95. The highest BCUT2D eigenvalue weighted by molar-refractivity contribution is 6.71. The molecule has 0 atom stereocenters. The van der Waals surface area contributed by atoms with E-state index in [-0.39, 0.29) is 118 Å². The number of rotatable bonds is 22. The molecule has 4 radical (unpaired) electrons. The Labute approximate surface area is 525 Å². The molecule has 6 aromatic rings. The first-order valence-electron chi connectivity index (χ1n) is 26.5. The molecule has 0 bridgehead atoms. The Bertz CT molecular complexity index is 4010. The van der Waals surface area contributed by atoms with Gasteiger partial charge in [0, 0.05) is 42.4 Å². The summed E-state index contributed by atoms with van der Waals surface area (Å²) in [6, 6.07) is 30.6. The van der Waals surface area contributed by atoms with Gasteiger partial charge in [-0.25, -0.2) is 24.0 Å². The number of phenolic OH excluding ortho intramolecular Hbond substituents is 2. The Hall–Kier alpha value is -13.0. The topological polar surface area (TPSA) is 506 Å². The third-order valence-corrected chi connectivity index (χ3v) is 11.9. The van der Waals surface area contributed by atoms with E-state index in [2.05, 4.69) is 50.8 Å². The summed E-state index contributed by atoms with van der Waals surface area (Å²) in [5, 5.41) is 80.0. The van der Waals surface area contributed by atoms with Crippen molar-refractivity contribution in [2.75, 3.05) is 0 Å². The molecule has 2 aliphatic rings. The summed E-state index contributed by atoms with van der Waals surface area (Å²) >= 11 is 0. The summed E-state index contributed by atoms with van der Waals surface area (Å²) in [5.41, 5.74) is 6.96. The van der Waals surface area contributed by atoms with Gasteiger partial charge in [-0.05, 0) is 91.0 Å². The Kier molecular flexibility index (Phi) is 24.8. The number of hydrogen-bond acceptors (Lipinski definition) is 24. The second-order valence-corrected chi connectivity index (χ2v) is 18.5. The van der Waals surface area contributed by atoms with E-state index in [4.69, 9.17) is 23.6 Å². The van der Waals surface area contributed by atoms with Gasteiger partial charge in [-0.1, -0.05) is 36.4 Å². The number of benzene rings is 6. The van der Waals surface area contributed by atoms with Crippen LogP contribution in [0.25, 0.3) is 0 Å². The van der Waals surface area contributed by atoms with E-state index in [9.17, 15) is 82.8 Å². The molecule has 34 nitrogen and oxygen atoms in total. The summed E-state index contributed by atoms with van der Waals surface area (Å²) in [4.78, 5) is 158. The maximum Gasteiger partial charge on any atom is 0.421 e. The highest BCUT2D eigenvalue weighted by Gasteiger charge is 2.34. The molecule has 470 valence electrons. The number of nitrogens with zero attached hydrogens (tertiary/aromatic N) is 8. The molecule has 0 aromatic heterocycles. The van der Waals surface area contributed by atoms with Crippen LogP contribution in [0.4, 0.5) is 48.5 Å². The molecule has 2 saturated heterocycles. The van der Waals surface area contributed by atoms with E-state index in [1.807, 2.05) is 5.23 Å². The van der Waals surface area contributed by atoms with E-state index in [1.165, 1.54) is 91.0 Å². The minimum atomic E-state index is -1.17. The van der Waals surface area contributed by atoms with E-state index in [1.54, 1.807) is 41.6 Å². The largest absolute Gasteiger partial charge is 0.508 e. The minimum Gasteiger partial charge on any atom is -0.508 e. The zero-order valence-electron chi connectivity index (χ0n) is 47.7. The van der Waals surface area contributed by atoms with E-state index in [0.29, 0.717) is 28.8 Å². The van der Waals surface area contributed by atoms with Crippen LogP contribution in [0.5, 0.6) is 17.2 Å². The number of carboxylic acids is 3. The number of amides is 9. The fraction of sp³-hybridized carbons (Fsp3) is 0.125. The Morgan fingerprint density at radius 2 is 0.871 bits per heavy atom. The predicted octanol–water partition coefficient (Wildman–Crippen LogP) is 5.47. The fourth-order valence-corrected chi connectivity index (χ4v) is 7.60. The number of phenols is 2. The van der Waals surface area contributed by atoms with Crippen LogP contribution in [0.15, 0.2) is 158 Å². The average molecular weight is 1270 g/mol. The lowest BCUT2D eigenvalue weighted by Crippen LogP contribution is -2.44. The SMILES string of the molecule is O=C(Cc1cc(N=Nc2ccccc2C(=O)O)ccc1O)N[B]C(=O)ON1C(=O)CCC1=O.O=C(Cc1cc(N=Nc2ccccc2C(=O)O)ccc1O)N[B]NC(=O)ON1C(=O)CCC1=O.[B]NC(=O)Oc1ccc(N=Nc2ccccc2C(=O)O)cc1CC(N)=O. The minimum absolute atomic E-state index is 0.00632. The molecule has 2 heterocycles. The molecule has 0 unspecified atom stereocenters. The Balaban J connectivity index is 0.000000224. The molecule has 0 saturated carbocycles. The van der Waals surface area contributed by atoms with Crippen LogP contribution in [0.1, 0.15) is 73.4 Å². The first-order valence-corrected chi connectivity index (χ1v) is 26.5. The summed E-state index contributed by atoms with van der Waals surface area (Å²) in [6.45, 7) is 0. The normalized spacial score (nSPS) is 12.4. The van der Waals surface area contributed by atoms with Crippen molar-refractivity contribution < 1.29 is 102 Å². The van der Waals surface area contributed by atoms with Crippen molar-refractivity contribution in [3.8, 4) is 17.2 Å². The number of carbonyl (C=O) groups excluding carboxylic acids is 10. The number of hydroxylamine groups is 4. The van der Waals surface area contributed by atoms with Gasteiger partial charge in [-0.2, -0.15) is 15.3 Å². The molecule has 93 heavy (non-hydrogen) atoms. The van der Waals surface area contributed by atoms with Crippen LogP contribution in [0.2, 0.25) is 0 Å². The van der Waals surface area contributed by atoms with Crippen LogP contribution >= 0.6 is 0 Å². The summed E-state index contributed by atoms with van der Waals surface area (Å²) in [5.74, 6) is -9.52. The fourth-order valence-electron chi connectivity index (χ4n) is 7.60. The second kappa shape index (κ2) is 33.4. The number of nitrogens with two attached hydrogens (primary N) is 1. The highest BCUT2D eigenvalue weighted by atomic mass is 16.7. The van der Waals surface area contributed by atoms with Crippen molar-refractivity contribution >= 4 is 134 Å². The average Bonchev–Trinajstić information content (AvgIpc) is 1.93. The van der Waals surface area contributed by atoms with Crippen molar-refractivity contribution in [2.24, 2.45) is 36.4 Å². The van der Waals surface area contributed by atoms with Gasteiger partial charge in [0.2, 0.25) is 25.7 Å². The van der Waals surface area contributed by atoms with Gasteiger partial charge in [-0.15, -0.1) is 25.5 Å². The first-order chi connectivity index (χ1) is 44.4. The van der Waals surface area contributed by atoms with Crippen molar-refractivity contribution in [1.29, 1.82) is 0 Å². The Morgan fingerprint density at radius 1 is 0.484 bits per heavy atom. The third-order valence-electron chi connectivity index (χ3n) is 11.9. The number of ether oxygens (including phenoxy) is 1. The predicted molar refractivity (Wildman–Crippen MR) is 317 cm³/mol. The number of nitrogens with one attached hydrogen (secondary N) is 4. The van der Waals surface area contributed by atoms with E-state index in [0.717, 1.165) is 7.55 Å². The van der Waals surface area contributed by atoms with Gasteiger partial charge in [0.1, 0.15) is 34.3 Å². The quantitative estimate of drug-likeness (QED) is 0.0229. The van der Waals surface area contributed by atoms with Crippen LogP contribution in [-0.2, 0) is 62.5 Å². The molecule has 37 heteroatoms. The van der Waals surface area contributed by atoms with Crippen molar-refractivity contribution in [2.45, 2.75) is 44.9 Å².